The number of anilines is 1. The standard InChI is InChI=1S/C28H26F2N4O/c1-15-3-4-18(13-31-15)17-5-7-19(8-6-17)33-28(35)16(2)27-21-9-20(10-22(21)27)34-14-32-25-11-23(29)24(30)12-26(25)34/h3-8,11-14,16,20-22,27H,9-10H2,1-2H3,(H,33,35)/t16-,20?,21-,22+,27-/m0/s1. The summed E-state index contributed by atoms with van der Waals surface area (Å²) in [5.74, 6) is -0.477. The van der Waals surface area contributed by atoms with Crippen molar-refractivity contribution in [1.29, 1.82) is 0 Å². The normalized spacial score (nSPS) is 23.8. The number of carbonyl (C=O) groups is 1. The van der Waals surface area contributed by atoms with E-state index in [2.05, 4.69) is 15.3 Å². The third kappa shape index (κ3) is 3.89. The number of hydrogen-bond donors (Lipinski definition) is 1. The Morgan fingerprint density at radius 1 is 1.00 bits per heavy atom. The van der Waals surface area contributed by atoms with E-state index in [9.17, 15) is 13.6 Å². The van der Waals surface area contributed by atoms with Gasteiger partial charge in [-0.15, -0.1) is 0 Å². The Bertz CT molecular complexity index is 1400. The van der Waals surface area contributed by atoms with Crippen molar-refractivity contribution in [1.82, 2.24) is 14.5 Å². The van der Waals surface area contributed by atoms with Gasteiger partial charge >= 0.3 is 0 Å². The lowest BCUT2D eigenvalue weighted by Gasteiger charge is -2.20. The van der Waals surface area contributed by atoms with Gasteiger partial charge in [0.05, 0.1) is 17.4 Å². The molecule has 7 heteroatoms. The quantitative estimate of drug-likeness (QED) is 0.379. The molecule has 178 valence electrons. The van der Waals surface area contributed by atoms with Crippen LogP contribution in [-0.2, 0) is 4.79 Å². The summed E-state index contributed by atoms with van der Waals surface area (Å²) < 4.78 is 29.3. The number of fused-ring (bicyclic) bond motifs is 2. The van der Waals surface area contributed by atoms with Crippen LogP contribution in [0.15, 0.2) is 61.1 Å². The van der Waals surface area contributed by atoms with Gasteiger partial charge in [-0.25, -0.2) is 13.8 Å². The van der Waals surface area contributed by atoms with Crippen LogP contribution in [0.25, 0.3) is 22.2 Å². The summed E-state index contributed by atoms with van der Waals surface area (Å²) in [5, 5.41) is 3.07. The van der Waals surface area contributed by atoms with Gasteiger partial charge in [-0.3, -0.25) is 9.78 Å². The Balaban J connectivity index is 1.08. The van der Waals surface area contributed by atoms with Gasteiger partial charge in [0.15, 0.2) is 11.6 Å². The van der Waals surface area contributed by atoms with E-state index in [0.717, 1.165) is 41.4 Å². The fourth-order valence-corrected chi connectivity index (χ4v) is 5.96. The summed E-state index contributed by atoms with van der Waals surface area (Å²) in [5.41, 5.74) is 4.96. The monoisotopic (exact) mass is 472 g/mol. The summed E-state index contributed by atoms with van der Waals surface area (Å²) in [7, 11) is 0. The molecule has 5 nitrogen and oxygen atoms in total. The first-order valence-corrected chi connectivity index (χ1v) is 12.0. The molecule has 2 aromatic carbocycles. The van der Waals surface area contributed by atoms with Crippen molar-refractivity contribution in [2.24, 2.45) is 23.7 Å². The van der Waals surface area contributed by atoms with Gasteiger partial charge in [-0.05, 0) is 61.3 Å². The molecule has 4 aromatic rings. The van der Waals surface area contributed by atoms with E-state index in [1.54, 1.807) is 6.33 Å². The molecule has 0 radical (unpaired) electrons. The lowest BCUT2D eigenvalue weighted by atomic mass is 9.96. The number of nitrogens with one attached hydrogen (secondary N) is 1. The summed E-state index contributed by atoms with van der Waals surface area (Å²) in [6, 6.07) is 14.4. The molecule has 5 atom stereocenters. The highest BCUT2D eigenvalue weighted by Gasteiger charge is 2.59. The van der Waals surface area contributed by atoms with Crippen LogP contribution in [0.4, 0.5) is 14.5 Å². The molecule has 2 aliphatic rings. The molecule has 0 aliphatic heterocycles. The van der Waals surface area contributed by atoms with Crippen molar-refractivity contribution in [2.75, 3.05) is 5.32 Å². The molecule has 1 N–H and O–H groups in total. The zero-order chi connectivity index (χ0) is 24.3. The molecule has 2 aliphatic carbocycles. The highest BCUT2D eigenvalue weighted by molar-refractivity contribution is 5.93. The number of imidazole rings is 1. The lowest BCUT2D eigenvalue weighted by molar-refractivity contribution is -0.120. The van der Waals surface area contributed by atoms with Crippen molar-refractivity contribution >= 4 is 22.6 Å². The number of benzene rings is 2. The number of nitrogens with zero attached hydrogens (tertiary/aromatic N) is 3. The molecule has 2 saturated carbocycles. The molecular weight excluding hydrogens is 446 g/mol. The molecule has 1 unspecified atom stereocenters. The van der Waals surface area contributed by atoms with E-state index in [1.807, 2.05) is 61.0 Å². The average molecular weight is 473 g/mol. The van der Waals surface area contributed by atoms with Gasteiger partial charge in [-0.1, -0.05) is 25.1 Å². The Kier molecular flexibility index (Phi) is 5.16. The first-order chi connectivity index (χ1) is 16.9. The van der Waals surface area contributed by atoms with E-state index < -0.39 is 11.6 Å². The van der Waals surface area contributed by atoms with Crippen molar-refractivity contribution < 1.29 is 13.6 Å². The third-order valence-electron chi connectivity index (χ3n) is 7.88. The second kappa shape index (κ2) is 8.26. The fraction of sp³-hybridized carbons (Fsp3) is 0.321. The van der Waals surface area contributed by atoms with Gasteiger partial charge in [0, 0.05) is 47.2 Å². The van der Waals surface area contributed by atoms with E-state index in [1.165, 1.54) is 6.07 Å². The highest BCUT2D eigenvalue weighted by atomic mass is 19.2. The van der Waals surface area contributed by atoms with Crippen molar-refractivity contribution in [2.45, 2.75) is 32.7 Å². The Morgan fingerprint density at radius 3 is 2.37 bits per heavy atom. The van der Waals surface area contributed by atoms with Crippen LogP contribution in [0.3, 0.4) is 0 Å². The van der Waals surface area contributed by atoms with Gasteiger partial charge < -0.3 is 9.88 Å². The number of amides is 1. The third-order valence-corrected chi connectivity index (χ3v) is 7.88. The van der Waals surface area contributed by atoms with Gasteiger partial charge in [-0.2, -0.15) is 0 Å². The number of aromatic nitrogens is 3. The molecule has 2 heterocycles. The van der Waals surface area contributed by atoms with Crippen LogP contribution in [0, 0.1) is 42.2 Å². The Morgan fingerprint density at radius 2 is 1.69 bits per heavy atom. The van der Waals surface area contributed by atoms with Crippen LogP contribution >= 0.6 is 0 Å². The van der Waals surface area contributed by atoms with Crippen molar-refractivity contribution in [3.63, 3.8) is 0 Å². The molecule has 6 rings (SSSR count). The number of carbonyl (C=O) groups excluding carboxylic acids is 1. The summed E-state index contributed by atoms with van der Waals surface area (Å²) >= 11 is 0. The van der Waals surface area contributed by atoms with E-state index >= 15 is 0 Å². The molecular formula is C28H26F2N4O. The first-order valence-electron chi connectivity index (χ1n) is 12.0. The predicted molar refractivity (Wildman–Crippen MR) is 131 cm³/mol. The van der Waals surface area contributed by atoms with Crippen LogP contribution < -0.4 is 5.32 Å². The zero-order valence-corrected chi connectivity index (χ0v) is 19.6. The predicted octanol–water partition coefficient (Wildman–Crippen LogP) is 6.16. The van der Waals surface area contributed by atoms with Gasteiger partial charge in [0.2, 0.25) is 5.91 Å². The van der Waals surface area contributed by atoms with Crippen LogP contribution in [0.2, 0.25) is 0 Å². The van der Waals surface area contributed by atoms with E-state index in [0.29, 0.717) is 28.8 Å². The number of hydrogen-bond acceptors (Lipinski definition) is 3. The van der Waals surface area contributed by atoms with E-state index in [4.69, 9.17) is 0 Å². The molecule has 0 spiro atoms. The molecule has 0 bridgehead atoms. The minimum Gasteiger partial charge on any atom is -0.327 e. The SMILES string of the molecule is Cc1ccc(-c2ccc(NC(=O)[C@@H](C)[C@@H]3[C@@H]4CC(n5cnc6cc(F)c(F)cc65)C[C@@H]43)cc2)cn1. The number of aryl methyl sites for hydroxylation is 1. The molecule has 2 aromatic heterocycles. The minimum absolute atomic E-state index is 0.0383. The highest BCUT2D eigenvalue weighted by Crippen LogP contribution is 2.64. The topological polar surface area (TPSA) is 59.8 Å². The zero-order valence-electron chi connectivity index (χ0n) is 19.6. The number of halogens is 2. The maximum Gasteiger partial charge on any atom is 0.227 e. The maximum atomic E-state index is 13.8. The van der Waals surface area contributed by atoms with Crippen LogP contribution in [0.1, 0.15) is 31.5 Å². The summed E-state index contributed by atoms with van der Waals surface area (Å²) in [4.78, 5) is 21.6. The van der Waals surface area contributed by atoms with Gasteiger partial charge in [0.1, 0.15) is 0 Å². The minimum atomic E-state index is -0.876. The molecule has 0 saturated heterocycles. The molecule has 35 heavy (non-hydrogen) atoms. The summed E-state index contributed by atoms with van der Waals surface area (Å²) in [6.45, 7) is 3.96. The fourth-order valence-electron chi connectivity index (χ4n) is 5.96. The summed E-state index contributed by atoms with van der Waals surface area (Å²) in [6.07, 6.45) is 5.39. The Hall–Kier alpha value is -3.61. The van der Waals surface area contributed by atoms with Crippen LogP contribution in [-0.4, -0.2) is 20.4 Å². The van der Waals surface area contributed by atoms with Gasteiger partial charge in [0.25, 0.3) is 0 Å². The first kappa shape index (κ1) is 21.9. The largest absolute Gasteiger partial charge is 0.327 e. The Labute approximate surface area is 202 Å². The lowest BCUT2D eigenvalue weighted by Crippen LogP contribution is -2.24. The smallest absolute Gasteiger partial charge is 0.227 e. The van der Waals surface area contributed by atoms with Crippen LogP contribution in [0.5, 0.6) is 0 Å². The molecule has 1 amide bonds. The second-order valence-electron chi connectivity index (χ2n) is 9.98. The second-order valence-corrected chi connectivity index (χ2v) is 9.98. The number of pyridine rings is 1. The van der Waals surface area contributed by atoms with Crippen molar-refractivity contribution in [3.8, 4) is 11.1 Å². The van der Waals surface area contributed by atoms with Crippen molar-refractivity contribution in [3.05, 3.63) is 78.4 Å². The van der Waals surface area contributed by atoms with E-state index in [-0.39, 0.29) is 17.9 Å². The average Bonchev–Trinajstić information content (AvgIpc) is 3.15. The number of rotatable bonds is 5. The maximum absolute atomic E-state index is 13.8. The molecule has 2 fully saturated rings.